The molecule has 1 aromatic carbocycles. The third-order valence-corrected chi connectivity index (χ3v) is 2.86. The molecule has 0 atom stereocenters. The highest BCUT2D eigenvalue weighted by atomic mass is 35.5. The molecule has 0 aromatic heterocycles. The Balaban J connectivity index is 3.05. The summed E-state index contributed by atoms with van der Waals surface area (Å²) >= 11 is 6.01. The fourth-order valence-electron chi connectivity index (χ4n) is 1.58. The molecule has 1 aromatic rings. The first kappa shape index (κ1) is 14.5. The zero-order valence-electron chi connectivity index (χ0n) is 10.6. The predicted molar refractivity (Wildman–Crippen MR) is 70.0 cm³/mol. The summed E-state index contributed by atoms with van der Waals surface area (Å²) in [6.07, 6.45) is 0. The number of halogens is 1. The van der Waals surface area contributed by atoms with E-state index in [-0.39, 0.29) is 18.5 Å². The normalized spacial score (nSPS) is 10.5. The van der Waals surface area contributed by atoms with Crippen LogP contribution in [0.5, 0.6) is 0 Å². The molecule has 98 valence electrons. The Bertz CT molecular complexity index is 471. The number of carboxylic acids is 1. The van der Waals surface area contributed by atoms with E-state index >= 15 is 0 Å². The van der Waals surface area contributed by atoms with Crippen LogP contribution in [0.3, 0.4) is 0 Å². The third-order valence-electron chi connectivity index (χ3n) is 2.54. The van der Waals surface area contributed by atoms with Crippen LogP contribution in [0.25, 0.3) is 0 Å². The lowest BCUT2D eigenvalue weighted by molar-refractivity contribution is -0.138. The molecule has 0 aliphatic rings. The molecule has 4 nitrogen and oxygen atoms in total. The third kappa shape index (κ3) is 3.47. The number of hydrogen-bond acceptors (Lipinski definition) is 2. The lowest BCUT2D eigenvalue weighted by atomic mass is 10.1. The largest absolute Gasteiger partial charge is 0.480 e. The van der Waals surface area contributed by atoms with Crippen LogP contribution < -0.4 is 0 Å². The van der Waals surface area contributed by atoms with Gasteiger partial charge in [-0.25, -0.2) is 0 Å². The topological polar surface area (TPSA) is 57.6 Å². The van der Waals surface area contributed by atoms with E-state index in [2.05, 4.69) is 0 Å². The van der Waals surface area contributed by atoms with Crippen molar-refractivity contribution in [2.45, 2.75) is 26.8 Å². The summed E-state index contributed by atoms with van der Waals surface area (Å²) in [5.74, 6) is -1.40. The number of carbonyl (C=O) groups is 2. The number of aryl methyl sites for hydroxylation is 1. The highest BCUT2D eigenvalue weighted by molar-refractivity contribution is 6.33. The second-order valence-electron chi connectivity index (χ2n) is 4.40. The molecule has 0 heterocycles. The predicted octanol–water partition coefficient (Wildman–Crippen LogP) is 2.58. The van der Waals surface area contributed by atoms with Crippen molar-refractivity contribution in [1.29, 1.82) is 0 Å². The molecule has 0 unspecified atom stereocenters. The summed E-state index contributed by atoms with van der Waals surface area (Å²) in [5.41, 5.74) is 1.28. The van der Waals surface area contributed by atoms with Crippen molar-refractivity contribution in [3.8, 4) is 0 Å². The van der Waals surface area contributed by atoms with Crippen molar-refractivity contribution in [2.24, 2.45) is 0 Å². The van der Waals surface area contributed by atoms with Crippen LogP contribution in [0.4, 0.5) is 0 Å². The van der Waals surface area contributed by atoms with Crippen LogP contribution in [-0.4, -0.2) is 34.5 Å². The molecule has 0 saturated heterocycles. The van der Waals surface area contributed by atoms with E-state index in [9.17, 15) is 9.59 Å². The molecule has 0 saturated carbocycles. The molecule has 0 radical (unpaired) electrons. The molecule has 5 heteroatoms. The Hall–Kier alpha value is -1.55. The van der Waals surface area contributed by atoms with Crippen LogP contribution >= 0.6 is 11.6 Å². The molecule has 0 bridgehead atoms. The summed E-state index contributed by atoms with van der Waals surface area (Å²) in [6, 6.07) is 4.88. The Morgan fingerprint density at radius 3 is 2.44 bits per heavy atom. The van der Waals surface area contributed by atoms with Gasteiger partial charge in [0, 0.05) is 6.04 Å². The minimum Gasteiger partial charge on any atom is -0.480 e. The number of carboxylic acid groups (broad SMARTS) is 1. The van der Waals surface area contributed by atoms with Gasteiger partial charge in [0.05, 0.1) is 10.6 Å². The fourth-order valence-corrected chi connectivity index (χ4v) is 1.90. The Kier molecular flexibility index (Phi) is 4.73. The Morgan fingerprint density at radius 1 is 1.39 bits per heavy atom. The van der Waals surface area contributed by atoms with Crippen molar-refractivity contribution >= 4 is 23.5 Å². The zero-order chi connectivity index (χ0) is 13.9. The average molecular weight is 270 g/mol. The van der Waals surface area contributed by atoms with Gasteiger partial charge >= 0.3 is 5.97 Å². The van der Waals surface area contributed by atoms with Crippen molar-refractivity contribution in [2.75, 3.05) is 6.54 Å². The Morgan fingerprint density at radius 2 is 2.00 bits per heavy atom. The van der Waals surface area contributed by atoms with E-state index < -0.39 is 5.97 Å². The van der Waals surface area contributed by atoms with Gasteiger partial charge in [-0.1, -0.05) is 17.7 Å². The van der Waals surface area contributed by atoms with Crippen LogP contribution in [0.15, 0.2) is 18.2 Å². The first-order valence-electron chi connectivity index (χ1n) is 5.62. The van der Waals surface area contributed by atoms with E-state index in [4.69, 9.17) is 16.7 Å². The summed E-state index contributed by atoms with van der Waals surface area (Å²) in [7, 11) is 0. The van der Waals surface area contributed by atoms with E-state index in [0.29, 0.717) is 10.6 Å². The van der Waals surface area contributed by atoms with Crippen LogP contribution in [0.1, 0.15) is 29.8 Å². The maximum absolute atomic E-state index is 12.2. The lowest BCUT2D eigenvalue weighted by Gasteiger charge is -2.25. The van der Waals surface area contributed by atoms with E-state index in [1.54, 1.807) is 32.0 Å². The maximum atomic E-state index is 12.2. The van der Waals surface area contributed by atoms with Gasteiger partial charge in [-0.3, -0.25) is 9.59 Å². The highest BCUT2D eigenvalue weighted by Crippen LogP contribution is 2.20. The van der Waals surface area contributed by atoms with Gasteiger partial charge in [-0.05, 0) is 38.5 Å². The average Bonchev–Trinajstić information content (AvgIpc) is 2.24. The monoisotopic (exact) mass is 269 g/mol. The maximum Gasteiger partial charge on any atom is 0.323 e. The van der Waals surface area contributed by atoms with Crippen molar-refractivity contribution < 1.29 is 14.7 Å². The van der Waals surface area contributed by atoms with Crippen molar-refractivity contribution in [3.05, 3.63) is 34.3 Å². The number of nitrogens with zero attached hydrogens (tertiary/aromatic N) is 1. The Labute approximate surface area is 111 Å². The standard InChI is InChI=1S/C13H16ClNO3/c1-8(2)15(7-12(16)17)13(18)10-5-4-9(3)6-11(10)14/h4-6,8H,7H2,1-3H3,(H,16,17). The number of rotatable bonds is 4. The minimum absolute atomic E-state index is 0.203. The second-order valence-corrected chi connectivity index (χ2v) is 4.81. The first-order valence-corrected chi connectivity index (χ1v) is 5.99. The highest BCUT2D eigenvalue weighted by Gasteiger charge is 2.22. The SMILES string of the molecule is Cc1ccc(C(=O)N(CC(=O)O)C(C)C)c(Cl)c1. The van der Waals surface area contributed by atoms with Crippen LogP contribution in [0, 0.1) is 6.92 Å². The van der Waals surface area contributed by atoms with E-state index in [1.807, 2.05) is 6.92 Å². The number of benzene rings is 1. The summed E-state index contributed by atoms with van der Waals surface area (Å²) in [5, 5.41) is 9.16. The smallest absolute Gasteiger partial charge is 0.323 e. The fraction of sp³-hybridized carbons (Fsp3) is 0.385. The number of hydrogen-bond donors (Lipinski definition) is 1. The number of amides is 1. The van der Waals surface area contributed by atoms with Gasteiger partial charge in [-0.2, -0.15) is 0 Å². The molecule has 0 fully saturated rings. The number of carbonyl (C=O) groups excluding carboxylic acids is 1. The van der Waals surface area contributed by atoms with Crippen LogP contribution in [0.2, 0.25) is 5.02 Å². The molecular weight excluding hydrogens is 254 g/mol. The molecule has 1 rings (SSSR count). The number of aliphatic carboxylic acids is 1. The van der Waals surface area contributed by atoms with Gasteiger partial charge in [0.15, 0.2) is 0 Å². The van der Waals surface area contributed by atoms with Gasteiger partial charge < -0.3 is 10.0 Å². The minimum atomic E-state index is -1.04. The molecule has 0 spiro atoms. The lowest BCUT2D eigenvalue weighted by Crippen LogP contribution is -2.40. The first-order chi connectivity index (χ1) is 8.32. The molecule has 1 amide bonds. The van der Waals surface area contributed by atoms with E-state index in [0.717, 1.165) is 5.56 Å². The molecule has 0 aliphatic carbocycles. The molecular formula is C13H16ClNO3. The zero-order valence-corrected chi connectivity index (χ0v) is 11.4. The van der Waals surface area contributed by atoms with Crippen molar-refractivity contribution in [3.63, 3.8) is 0 Å². The molecule has 1 N–H and O–H groups in total. The summed E-state index contributed by atoms with van der Waals surface area (Å²) in [4.78, 5) is 24.3. The van der Waals surface area contributed by atoms with E-state index in [1.165, 1.54) is 4.90 Å². The molecule has 18 heavy (non-hydrogen) atoms. The van der Waals surface area contributed by atoms with Crippen LogP contribution in [-0.2, 0) is 4.79 Å². The quantitative estimate of drug-likeness (QED) is 0.914. The van der Waals surface area contributed by atoms with Crippen molar-refractivity contribution in [1.82, 2.24) is 4.90 Å². The second kappa shape index (κ2) is 5.87. The van der Waals surface area contributed by atoms with Gasteiger partial charge in [0.1, 0.15) is 6.54 Å². The summed E-state index contributed by atoms with van der Waals surface area (Å²) in [6.45, 7) is 5.07. The van der Waals surface area contributed by atoms with Gasteiger partial charge in [0.2, 0.25) is 0 Å². The molecule has 0 aliphatic heterocycles. The van der Waals surface area contributed by atoms with Gasteiger partial charge in [0.25, 0.3) is 5.91 Å². The summed E-state index contributed by atoms with van der Waals surface area (Å²) < 4.78 is 0. The van der Waals surface area contributed by atoms with Gasteiger partial charge in [-0.15, -0.1) is 0 Å².